The monoisotopic (exact) mass is 414 g/mol. The van der Waals surface area contributed by atoms with Crippen LogP contribution in [0.1, 0.15) is 5.69 Å². The van der Waals surface area contributed by atoms with E-state index in [1.165, 1.54) is 0 Å². The first-order valence-electron chi connectivity index (χ1n) is 4.77. The lowest BCUT2D eigenvalue weighted by Crippen LogP contribution is -2.38. The summed E-state index contributed by atoms with van der Waals surface area (Å²) in [6.45, 7) is 5.03. The zero-order valence-electron chi connectivity index (χ0n) is 9.81. The first-order valence-corrected chi connectivity index (χ1v) is 5.57. The van der Waals surface area contributed by atoms with Gasteiger partial charge in [0.05, 0.1) is 6.54 Å². The predicted octanol–water partition coefficient (Wildman–Crippen LogP) is 2.21. The Kier molecular flexibility index (Phi) is 8.23. The molecule has 1 aromatic rings. The minimum atomic E-state index is 0. The summed E-state index contributed by atoms with van der Waals surface area (Å²) < 4.78 is 5.65. The maximum Gasteiger partial charge on any atom is 0.194 e. The smallest absolute Gasteiger partial charge is 0.194 e. The molecule has 96 valence electrons. The third-order valence-corrected chi connectivity index (χ3v) is 2.18. The molecule has 0 unspecified atom stereocenters. The summed E-state index contributed by atoms with van der Waals surface area (Å²) in [6.07, 6.45) is 1.56. The molecule has 0 radical (unpaired) electrons. The largest absolute Gasteiger partial charge is 0.364 e. The third kappa shape index (κ3) is 6.06. The fourth-order valence-electron chi connectivity index (χ4n) is 1.20. The van der Waals surface area contributed by atoms with E-state index in [4.69, 9.17) is 4.52 Å². The van der Waals surface area contributed by atoms with Crippen LogP contribution < -0.4 is 5.32 Å². The number of hydrogen-bond acceptors (Lipinski definition) is 3. The average molecular weight is 415 g/mol. The topological polar surface area (TPSA) is 53.7 Å². The molecule has 0 aromatic carbocycles. The van der Waals surface area contributed by atoms with Crippen LogP contribution in [0.15, 0.2) is 32.9 Å². The highest BCUT2D eigenvalue weighted by molar-refractivity contribution is 14.0. The van der Waals surface area contributed by atoms with Crippen molar-refractivity contribution in [3.63, 3.8) is 0 Å². The van der Waals surface area contributed by atoms with Crippen molar-refractivity contribution >= 4 is 45.9 Å². The Morgan fingerprint density at radius 3 is 2.88 bits per heavy atom. The van der Waals surface area contributed by atoms with Gasteiger partial charge in [-0.15, -0.1) is 24.0 Å². The van der Waals surface area contributed by atoms with Gasteiger partial charge in [0.2, 0.25) is 0 Å². The van der Waals surface area contributed by atoms with Gasteiger partial charge >= 0.3 is 0 Å². The number of halogens is 2. The van der Waals surface area contributed by atoms with Crippen LogP contribution in [-0.4, -0.2) is 36.7 Å². The first-order chi connectivity index (χ1) is 7.63. The Labute approximate surface area is 126 Å². The number of aromatic nitrogens is 1. The molecule has 0 saturated heterocycles. The van der Waals surface area contributed by atoms with Gasteiger partial charge in [-0.3, -0.25) is 4.99 Å². The number of rotatable bonds is 4. The van der Waals surface area contributed by atoms with Crippen LogP contribution in [0, 0.1) is 0 Å². The van der Waals surface area contributed by atoms with Gasteiger partial charge in [-0.1, -0.05) is 27.7 Å². The number of nitrogens with zero attached hydrogens (tertiary/aromatic N) is 3. The Bertz CT molecular complexity index is 366. The molecule has 5 nitrogen and oxygen atoms in total. The molecule has 0 spiro atoms. The van der Waals surface area contributed by atoms with Crippen molar-refractivity contribution in [3.05, 3.63) is 29.1 Å². The van der Waals surface area contributed by atoms with E-state index in [1.807, 2.05) is 18.0 Å². The maximum absolute atomic E-state index is 4.77. The molecule has 0 aliphatic heterocycles. The lowest BCUT2D eigenvalue weighted by molar-refractivity contribution is 0.391. The van der Waals surface area contributed by atoms with E-state index in [2.05, 4.69) is 38.0 Å². The van der Waals surface area contributed by atoms with E-state index < -0.39 is 0 Å². The molecule has 0 atom stereocenters. The SMILES string of the molecule is C=C(Br)CNC(=NC)N(C)Cc1ccon1.I. The van der Waals surface area contributed by atoms with E-state index in [0.29, 0.717) is 13.1 Å². The van der Waals surface area contributed by atoms with Crippen molar-refractivity contribution in [2.24, 2.45) is 4.99 Å². The summed E-state index contributed by atoms with van der Waals surface area (Å²) in [5, 5.41) is 6.99. The van der Waals surface area contributed by atoms with Gasteiger partial charge in [0.1, 0.15) is 12.0 Å². The van der Waals surface area contributed by atoms with Crippen molar-refractivity contribution < 1.29 is 4.52 Å². The molecule has 0 aliphatic rings. The molecule has 7 heteroatoms. The van der Waals surface area contributed by atoms with Crippen LogP contribution in [0.25, 0.3) is 0 Å². The molecule has 1 rings (SSSR count). The summed E-state index contributed by atoms with van der Waals surface area (Å²) in [6, 6.07) is 1.83. The lowest BCUT2D eigenvalue weighted by atomic mass is 10.4. The molecule has 1 aromatic heterocycles. The number of guanidine groups is 1. The molecule has 0 saturated carbocycles. The molecule has 17 heavy (non-hydrogen) atoms. The predicted molar refractivity (Wildman–Crippen MR) is 82.8 cm³/mol. The highest BCUT2D eigenvalue weighted by atomic mass is 127. The molecule has 1 N–H and O–H groups in total. The van der Waals surface area contributed by atoms with Crippen LogP contribution in [0.5, 0.6) is 0 Å². The van der Waals surface area contributed by atoms with Crippen molar-refractivity contribution in [2.45, 2.75) is 6.54 Å². The Balaban J connectivity index is 0.00000256. The summed E-state index contributed by atoms with van der Waals surface area (Å²) in [4.78, 5) is 6.10. The molecular weight excluding hydrogens is 399 g/mol. The van der Waals surface area contributed by atoms with Gasteiger partial charge in [-0.25, -0.2) is 0 Å². The van der Waals surface area contributed by atoms with E-state index in [9.17, 15) is 0 Å². The van der Waals surface area contributed by atoms with Crippen molar-refractivity contribution in [1.82, 2.24) is 15.4 Å². The number of nitrogens with one attached hydrogen (secondary N) is 1. The second-order valence-corrected chi connectivity index (χ2v) is 4.39. The Hall–Kier alpha value is -0.570. The van der Waals surface area contributed by atoms with Gasteiger partial charge in [0, 0.05) is 31.2 Å². The summed E-state index contributed by atoms with van der Waals surface area (Å²) in [5.41, 5.74) is 0.864. The molecule has 0 amide bonds. The molecule has 0 aliphatic carbocycles. The fraction of sp³-hybridized carbons (Fsp3) is 0.400. The summed E-state index contributed by atoms with van der Waals surface area (Å²) >= 11 is 3.28. The van der Waals surface area contributed by atoms with Crippen molar-refractivity contribution in [3.8, 4) is 0 Å². The highest BCUT2D eigenvalue weighted by Gasteiger charge is 2.07. The third-order valence-electron chi connectivity index (χ3n) is 1.90. The van der Waals surface area contributed by atoms with Gasteiger partial charge in [-0.2, -0.15) is 0 Å². The molecule has 0 bridgehead atoms. The quantitative estimate of drug-likeness (QED) is 0.466. The number of hydrogen-bond donors (Lipinski definition) is 1. The van der Waals surface area contributed by atoms with Crippen molar-refractivity contribution in [2.75, 3.05) is 20.6 Å². The average Bonchev–Trinajstić information content (AvgIpc) is 2.71. The van der Waals surface area contributed by atoms with E-state index >= 15 is 0 Å². The van der Waals surface area contributed by atoms with Crippen LogP contribution in [0.2, 0.25) is 0 Å². The fourth-order valence-corrected chi connectivity index (χ4v) is 1.34. The molecule has 0 fully saturated rings. The normalized spacial score (nSPS) is 10.6. The first kappa shape index (κ1) is 16.4. The standard InChI is InChI=1S/C10H15BrN4O.HI/c1-8(11)6-13-10(12-2)15(3)7-9-4-5-16-14-9;/h4-5H,1,6-7H2,2-3H3,(H,12,13);1H. The van der Waals surface area contributed by atoms with Crippen molar-refractivity contribution in [1.29, 1.82) is 0 Å². The maximum atomic E-state index is 4.77. The second-order valence-electron chi connectivity index (χ2n) is 3.26. The summed E-state index contributed by atoms with van der Waals surface area (Å²) in [7, 11) is 3.67. The van der Waals surface area contributed by atoms with Gasteiger partial charge < -0.3 is 14.7 Å². The highest BCUT2D eigenvalue weighted by Crippen LogP contribution is 2.01. The second kappa shape index (κ2) is 8.51. The minimum Gasteiger partial charge on any atom is -0.364 e. The minimum absolute atomic E-state index is 0. The number of aliphatic imine (C=N–C) groups is 1. The Morgan fingerprint density at radius 2 is 2.41 bits per heavy atom. The Morgan fingerprint density at radius 1 is 1.71 bits per heavy atom. The van der Waals surface area contributed by atoms with Gasteiger partial charge in [-0.05, 0) is 0 Å². The van der Waals surface area contributed by atoms with E-state index in [0.717, 1.165) is 16.1 Å². The zero-order valence-corrected chi connectivity index (χ0v) is 13.7. The lowest BCUT2D eigenvalue weighted by Gasteiger charge is -2.20. The summed E-state index contributed by atoms with van der Waals surface area (Å²) in [5.74, 6) is 0.781. The molecular formula is C10H16BrIN4O. The van der Waals surface area contributed by atoms with Crippen LogP contribution in [0.4, 0.5) is 0 Å². The van der Waals surface area contributed by atoms with E-state index in [1.54, 1.807) is 13.3 Å². The molecule has 1 heterocycles. The van der Waals surface area contributed by atoms with Gasteiger partial charge in [0.25, 0.3) is 0 Å². The zero-order chi connectivity index (χ0) is 12.0. The van der Waals surface area contributed by atoms with Crippen LogP contribution in [-0.2, 0) is 6.54 Å². The van der Waals surface area contributed by atoms with Crippen LogP contribution in [0.3, 0.4) is 0 Å². The van der Waals surface area contributed by atoms with E-state index in [-0.39, 0.29) is 24.0 Å². The van der Waals surface area contributed by atoms with Gasteiger partial charge in [0.15, 0.2) is 5.96 Å². The van der Waals surface area contributed by atoms with Crippen LogP contribution >= 0.6 is 39.9 Å².